The minimum absolute atomic E-state index is 0.0711. The molecule has 7 heteroatoms. The van der Waals surface area contributed by atoms with Crippen molar-refractivity contribution in [1.29, 1.82) is 0 Å². The fourth-order valence-corrected chi connectivity index (χ4v) is 2.91. The SMILES string of the molecule is CS(=O)(=O)N(Cc1ccc(F)cc1)c1ccccc1C(=O)O. The first-order chi connectivity index (χ1) is 10.3. The summed E-state index contributed by atoms with van der Waals surface area (Å²) in [4.78, 5) is 11.3. The molecule has 0 unspecified atom stereocenters. The molecule has 0 aliphatic heterocycles. The van der Waals surface area contributed by atoms with Crippen LogP contribution in [-0.2, 0) is 16.6 Å². The highest BCUT2D eigenvalue weighted by Crippen LogP contribution is 2.25. The van der Waals surface area contributed by atoms with E-state index in [4.69, 9.17) is 0 Å². The largest absolute Gasteiger partial charge is 0.478 e. The standard InChI is InChI=1S/C15H14FNO4S/c1-22(20,21)17(10-11-6-8-12(16)9-7-11)14-5-3-2-4-13(14)15(18)19/h2-9H,10H2,1H3,(H,18,19). The zero-order chi connectivity index (χ0) is 16.3. The van der Waals surface area contributed by atoms with E-state index in [1.54, 1.807) is 6.07 Å². The molecule has 0 aromatic heterocycles. The molecule has 0 atom stereocenters. The number of carboxylic acids is 1. The maximum Gasteiger partial charge on any atom is 0.337 e. The molecule has 5 nitrogen and oxygen atoms in total. The fourth-order valence-electron chi connectivity index (χ4n) is 2.01. The van der Waals surface area contributed by atoms with Crippen molar-refractivity contribution in [3.05, 3.63) is 65.5 Å². The Bertz CT molecular complexity index is 787. The Hall–Kier alpha value is -2.41. The minimum Gasteiger partial charge on any atom is -0.478 e. The monoisotopic (exact) mass is 323 g/mol. The van der Waals surface area contributed by atoms with E-state index in [2.05, 4.69) is 0 Å². The van der Waals surface area contributed by atoms with Crippen LogP contribution in [-0.4, -0.2) is 25.7 Å². The highest BCUT2D eigenvalue weighted by atomic mass is 32.2. The average molecular weight is 323 g/mol. The number of para-hydroxylation sites is 1. The molecule has 0 radical (unpaired) electrons. The number of anilines is 1. The van der Waals surface area contributed by atoms with Gasteiger partial charge in [-0.05, 0) is 29.8 Å². The van der Waals surface area contributed by atoms with E-state index in [1.165, 1.54) is 42.5 Å². The molecule has 1 N–H and O–H groups in total. The van der Waals surface area contributed by atoms with Crippen LogP contribution in [0, 0.1) is 5.82 Å². The van der Waals surface area contributed by atoms with Gasteiger partial charge in [-0.25, -0.2) is 17.6 Å². The smallest absolute Gasteiger partial charge is 0.337 e. The van der Waals surface area contributed by atoms with Crippen molar-refractivity contribution in [2.75, 3.05) is 10.6 Å². The Morgan fingerprint density at radius 1 is 1.14 bits per heavy atom. The number of benzene rings is 2. The Labute approximate surface area is 127 Å². The predicted octanol–water partition coefficient (Wildman–Crippen LogP) is 2.49. The van der Waals surface area contributed by atoms with Gasteiger partial charge in [0.15, 0.2) is 0 Å². The van der Waals surface area contributed by atoms with E-state index < -0.39 is 21.8 Å². The van der Waals surface area contributed by atoms with E-state index >= 15 is 0 Å². The number of rotatable bonds is 5. The number of aromatic carboxylic acids is 1. The molecular weight excluding hydrogens is 309 g/mol. The van der Waals surface area contributed by atoms with E-state index in [0.29, 0.717) is 5.56 Å². The molecule has 0 amide bonds. The first kappa shape index (κ1) is 16.0. The second-order valence-electron chi connectivity index (χ2n) is 4.72. The highest BCUT2D eigenvalue weighted by Gasteiger charge is 2.23. The van der Waals surface area contributed by atoms with Gasteiger partial charge in [-0.2, -0.15) is 0 Å². The predicted molar refractivity (Wildman–Crippen MR) is 80.8 cm³/mol. The Kier molecular flexibility index (Phi) is 4.46. The quantitative estimate of drug-likeness (QED) is 0.917. The van der Waals surface area contributed by atoms with Crippen LogP contribution in [0.3, 0.4) is 0 Å². The van der Waals surface area contributed by atoms with Gasteiger partial charge in [-0.1, -0.05) is 24.3 Å². The lowest BCUT2D eigenvalue weighted by molar-refractivity contribution is 0.0697. The summed E-state index contributed by atoms with van der Waals surface area (Å²) in [7, 11) is -3.71. The van der Waals surface area contributed by atoms with Gasteiger partial charge in [0.05, 0.1) is 24.1 Å². The number of sulfonamides is 1. The number of carbonyl (C=O) groups is 1. The summed E-state index contributed by atoms with van der Waals surface area (Å²) >= 11 is 0. The van der Waals surface area contributed by atoms with Crippen molar-refractivity contribution in [2.45, 2.75) is 6.54 Å². The first-order valence-electron chi connectivity index (χ1n) is 6.33. The van der Waals surface area contributed by atoms with E-state index in [0.717, 1.165) is 10.6 Å². The second kappa shape index (κ2) is 6.15. The summed E-state index contributed by atoms with van der Waals surface area (Å²) in [5.74, 6) is -1.65. The van der Waals surface area contributed by atoms with Crippen LogP contribution < -0.4 is 4.31 Å². The minimum atomic E-state index is -3.71. The lowest BCUT2D eigenvalue weighted by Crippen LogP contribution is -2.30. The highest BCUT2D eigenvalue weighted by molar-refractivity contribution is 7.92. The van der Waals surface area contributed by atoms with Crippen molar-refractivity contribution in [2.24, 2.45) is 0 Å². The molecule has 2 aromatic carbocycles. The third kappa shape index (κ3) is 3.62. The lowest BCUT2D eigenvalue weighted by atomic mass is 10.1. The molecule has 0 saturated carbocycles. The van der Waals surface area contributed by atoms with E-state index in [1.807, 2.05) is 0 Å². The molecule has 0 spiro atoms. The van der Waals surface area contributed by atoms with Crippen LogP contribution in [0.4, 0.5) is 10.1 Å². The second-order valence-corrected chi connectivity index (χ2v) is 6.63. The Morgan fingerprint density at radius 3 is 2.27 bits per heavy atom. The molecule has 2 rings (SSSR count). The van der Waals surface area contributed by atoms with Crippen molar-refractivity contribution < 1.29 is 22.7 Å². The van der Waals surface area contributed by atoms with Crippen molar-refractivity contribution >= 4 is 21.7 Å². The molecule has 0 aliphatic carbocycles. The number of hydrogen-bond acceptors (Lipinski definition) is 3. The van der Waals surface area contributed by atoms with Crippen molar-refractivity contribution in [3.63, 3.8) is 0 Å². The molecule has 0 fully saturated rings. The number of carboxylic acid groups (broad SMARTS) is 1. The third-order valence-electron chi connectivity index (χ3n) is 3.04. The normalized spacial score (nSPS) is 11.2. The van der Waals surface area contributed by atoms with Gasteiger partial charge in [0.1, 0.15) is 5.82 Å². The van der Waals surface area contributed by atoms with Crippen LogP contribution in [0.2, 0.25) is 0 Å². The molecule has 2 aromatic rings. The fraction of sp³-hybridized carbons (Fsp3) is 0.133. The maximum atomic E-state index is 12.9. The molecule has 22 heavy (non-hydrogen) atoms. The van der Waals surface area contributed by atoms with Crippen LogP contribution in [0.5, 0.6) is 0 Å². The number of nitrogens with zero attached hydrogens (tertiary/aromatic N) is 1. The van der Waals surface area contributed by atoms with Gasteiger partial charge in [0, 0.05) is 0 Å². The van der Waals surface area contributed by atoms with Gasteiger partial charge in [-0.15, -0.1) is 0 Å². The van der Waals surface area contributed by atoms with Crippen molar-refractivity contribution in [1.82, 2.24) is 0 Å². The molecular formula is C15H14FNO4S. The molecule has 0 saturated heterocycles. The summed E-state index contributed by atoms with van der Waals surface area (Å²) in [6.45, 7) is -0.0800. The summed E-state index contributed by atoms with van der Waals surface area (Å²) in [5.41, 5.74) is 0.504. The number of halogens is 1. The Morgan fingerprint density at radius 2 is 1.73 bits per heavy atom. The summed E-state index contributed by atoms with van der Waals surface area (Å²) in [6.07, 6.45) is 0.995. The van der Waals surface area contributed by atoms with Gasteiger partial charge in [-0.3, -0.25) is 4.31 Å². The van der Waals surface area contributed by atoms with Gasteiger partial charge in [0.2, 0.25) is 10.0 Å². The number of hydrogen-bond donors (Lipinski definition) is 1. The van der Waals surface area contributed by atoms with E-state index in [9.17, 15) is 22.7 Å². The van der Waals surface area contributed by atoms with E-state index in [-0.39, 0.29) is 17.8 Å². The van der Waals surface area contributed by atoms with Crippen LogP contribution in [0.15, 0.2) is 48.5 Å². The van der Waals surface area contributed by atoms with Crippen LogP contribution in [0.25, 0.3) is 0 Å². The molecule has 0 bridgehead atoms. The average Bonchev–Trinajstić information content (AvgIpc) is 2.45. The lowest BCUT2D eigenvalue weighted by Gasteiger charge is -2.24. The van der Waals surface area contributed by atoms with Gasteiger partial charge in [0.25, 0.3) is 0 Å². The molecule has 116 valence electrons. The van der Waals surface area contributed by atoms with Crippen molar-refractivity contribution in [3.8, 4) is 0 Å². The topological polar surface area (TPSA) is 74.7 Å². The summed E-state index contributed by atoms with van der Waals surface area (Å²) < 4.78 is 38.0. The zero-order valence-electron chi connectivity index (χ0n) is 11.7. The Balaban J connectivity index is 2.48. The zero-order valence-corrected chi connectivity index (χ0v) is 12.5. The molecule has 0 heterocycles. The van der Waals surface area contributed by atoms with Crippen LogP contribution in [0.1, 0.15) is 15.9 Å². The summed E-state index contributed by atoms with van der Waals surface area (Å²) in [6, 6.07) is 11.2. The first-order valence-corrected chi connectivity index (χ1v) is 8.18. The molecule has 0 aliphatic rings. The summed E-state index contributed by atoms with van der Waals surface area (Å²) in [5, 5.41) is 9.21. The third-order valence-corrected chi connectivity index (χ3v) is 4.17. The van der Waals surface area contributed by atoms with Crippen LogP contribution >= 0.6 is 0 Å². The van der Waals surface area contributed by atoms with Gasteiger partial charge < -0.3 is 5.11 Å². The maximum absolute atomic E-state index is 12.9. The van der Waals surface area contributed by atoms with Gasteiger partial charge >= 0.3 is 5.97 Å².